The van der Waals surface area contributed by atoms with Crippen molar-refractivity contribution in [3.8, 4) is 0 Å². The number of benzene rings is 1. The van der Waals surface area contributed by atoms with Gasteiger partial charge in [-0.2, -0.15) is 0 Å². The molecule has 1 aliphatic heterocycles. The third-order valence-corrected chi connectivity index (χ3v) is 3.92. The highest BCUT2D eigenvalue weighted by Gasteiger charge is 2.24. The summed E-state index contributed by atoms with van der Waals surface area (Å²) >= 11 is 4.93. The molecule has 0 saturated carbocycles. The number of aromatic nitrogens is 1. The highest BCUT2D eigenvalue weighted by Crippen LogP contribution is 2.20. The van der Waals surface area contributed by atoms with Gasteiger partial charge in [0.1, 0.15) is 0 Å². The molecule has 3 rings (SSSR count). The Morgan fingerprint density at radius 1 is 1.55 bits per heavy atom. The van der Waals surface area contributed by atoms with Crippen LogP contribution < -0.4 is 0 Å². The molecule has 1 aromatic heterocycles. The molecule has 0 bridgehead atoms. The van der Waals surface area contributed by atoms with E-state index < -0.39 is 0 Å². The quantitative estimate of drug-likeness (QED) is 0.834. The van der Waals surface area contributed by atoms with Crippen LogP contribution in [0.2, 0.25) is 0 Å². The van der Waals surface area contributed by atoms with Crippen molar-refractivity contribution >= 4 is 29.2 Å². The van der Waals surface area contributed by atoms with Crippen molar-refractivity contribution < 1.29 is 14.3 Å². The number of aromatic amines is 1. The zero-order chi connectivity index (χ0) is 14.1. The number of carbonyl (C=O) groups excluding carboxylic acids is 1. The van der Waals surface area contributed by atoms with Crippen LogP contribution in [-0.2, 0) is 0 Å². The van der Waals surface area contributed by atoms with Crippen molar-refractivity contribution in [2.75, 3.05) is 19.7 Å². The van der Waals surface area contributed by atoms with Crippen LogP contribution in [0, 0.1) is 10.8 Å². The Morgan fingerprint density at radius 3 is 3.20 bits per heavy atom. The molecule has 2 aromatic rings. The van der Waals surface area contributed by atoms with Crippen molar-refractivity contribution in [2.45, 2.75) is 12.8 Å². The van der Waals surface area contributed by atoms with E-state index in [0.29, 0.717) is 22.5 Å². The number of hydrogen-bond donors (Lipinski definition) is 2. The fourth-order valence-corrected chi connectivity index (χ4v) is 2.86. The molecule has 0 spiro atoms. The summed E-state index contributed by atoms with van der Waals surface area (Å²) < 4.78 is 5.34. The first kappa shape index (κ1) is 13.3. The Hall–Kier alpha value is -1.66. The Morgan fingerprint density at radius 2 is 2.40 bits per heavy atom. The molecule has 1 fully saturated rings. The number of fused-ring (bicyclic) bond motifs is 1. The number of oxazole rings is 1. The van der Waals surface area contributed by atoms with E-state index in [4.69, 9.17) is 16.6 Å². The number of nitrogens with one attached hydrogen (secondary N) is 1. The smallest absolute Gasteiger partial charge is 0.266 e. The molecule has 2 N–H and O–H groups in total. The molecule has 1 atom stereocenters. The highest BCUT2D eigenvalue weighted by atomic mass is 32.1. The standard InChI is InChI=1S/C14H16N2O3S/c17-8-9-2-1-5-16(7-9)13(18)10-3-4-11-12(6-10)19-14(20)15-11/h3-4,6,9,17H,1-2,5,7-8H2,(H,15,20)/t9-/m1/s1. The summed E-state index contributed by atoms with van der Waals surface area (Å²) in [5.41, 5.74) is 1.98. The normalized spacial score (nSPS) is 19.4. The predicted octanol–water partition coefficient (Wildman–Crippen LogP) is 2.33. The Kier molecular flexibility index (Phi) is 3.58. The second-order valence-electron chi connectivity index (χ2n) is 5.17. The third kappa shape index (κ3) is 2.48. The van der Waals surface area contributed by atoms with E-state index in [-0.39, 0.29) is 18.4 Å². The number of piperidine rings is 1. The molecular formula is C14H16N2O3S. The first-order valence-corrected chi connectivity index (χ1v) is 7.11. The molecule has 106 valence electrons. The number of H-pyrrole nitrogens is 1. The van der Waals surface area contributed by atoms with Gasteiger partial charge in [0.25, 0.3) is 10.7 Å². The summed E-state index contributed by atoms with van der Waals surface area (Å²) in [6.07, 6.45) is 1.91. The lowest BCUT2D eigenvalue weighted by molar-refractivity contribution is 0.0621. The van der Waals surface area contributed by atoms with Gasteiger partial charge in [-0.05, 0) is 49.2 Å². The molecular weight excluding hydrogens is 276 g/mol. The summed E-state index contributed by atoms with van der Waals surface area (Å²) in [4.78, 5) is 17.5. The van der Waals surface area contributed by atoms with E-state index in [1.807, 2.05) is 0 Å². The number of likely N-dealkylation sites (tertiary alicyclic amines) is 1. The van der Waals surface area contributed by atoms with E-state index >= 15 is 0 Å². The van der Waals surface area contributed by atoms with Crippen LogP contribution in [0.15, 0.2) is 22.6 Å². The zero-order valence-electron chi connectivity index (χ0n) is 11.0. The van der Waals surface area contributed by atoms with Gasteiger partial charge in [0.05, 0.1) is 5.52 Å². The van der Waals surface area contributed by atoms with Gasteiger partial charge in [0.15, 0.2) is 5.58 Å². The Bertz CT molecular complexity index is 691. The summed E-state index contributed by atoms with van der Waals surface area (Å²) in [6, 6.07) is 5.29. The van der Waals surface area contributed by atoms with Crippen LogP contribution in [0.3, 0.4) is 0 Å². The summed E-state index contributed by atoms with van der Waals surface area (Å²) in [5, 5.41) is 9.24. The van der Waals surface area contributed by atoms with Gasteiger partial charge in [-0.1, -0.05) is 0 Å². The van der Waals surface area contributed by atoms with Crippen LogP contribution in [0.4, 0.5) is 0 Å². The third-order valence-electron chi connectivity index (χ3n) is 3.73. The first-order chi connectivity index (χ1) is 9.67. The zero-order valence-corrected chi connectivity index (χ0v) is 11.8. The molecule has 1 amide bonds. The molecule has 20 heavy (non-hydrogen) atoms. The minimum atomic E-state index is -0.0210. The predicted molar refractivity (Wildman–Crippen MR) is 77.1 cm³/mol. The van der Waals surface area contributed by atoms with Crippen molar-refractivity contribution in [1.29, 1.82) is 0 Å². The van der Waals surface area contributed by atoms with Gasteiger partial charge >= 0.3 is 0 Å². The number of aliphatic hydroxyl groups is 1. The molecule has 1 aromatic carbocycles. The van der Waals surface area contributed by atoms with E-state index in [1.165, 1.54) is 0 Å². The maximum absolute atomic E-state index is 12.5. The van der Waals surface area contributed by atoms with Gasteiger partial charge in [0.2, 0.25) is 0 Å². The maximum atomic E-state index is 12.5. The minimum Gasteiger partial charge on any atom is -0.429 e. The summed E-state index contributed by atoms with van der Waals surface area (Å²) in [6.45, 7) is 1.49. The maximum Gasteiger partial charge on any atom is 0.266 e. The lowest BCUT2D eigenvalue weighted by Gasteiger charge is -2.31. The molecule has 1 aliphatic rings. The van der Waals surface area contributed by atoms with Crippen molar-refractivity contribution in [3.05, 3.63) is 28.6 Å². The van der Waals surface area contributed by atoms with Crippen LogP contribution in [0.5, 0.6) is 0 Å². The van der Waals surface area contributed by atoms with Crippen LogP contribution in [0.1, 0.15) is 23.2 Å². The minimum absolute atomic E-state index is 0.0210. The lowest BCUT2D eigenvalue weighted by Crippen LogP contribution is -2.40. The second kappa shape index (κ2) is 5.38. The van der Waals surface area contributed by atoms with Gasteiger partial charge in [0, 0.05) is 25.3 Å². The molecule has 5 nitrogen and oxygen atoms in total. The van der Waals surface area contributed by atoms with E-state index in [0.717, 1.165) is 24.9 Å². The van der Waals surface area contributed by atoms with E-state index in [1.54, 1.807) is 23.1 Å². The molecule has 0 unspecified atom stereocenters. The van der Waals surface area contributed by atoms with E-state index in [9.17, 15) is 9.90 Å². The first-order valence-electron chi connectivity index (χ1n) is 6.70. The topological polar surface area (TPSA) is 69.5 Å². The SMILES string of the molecule is O=C(c1ccc2[nH]c(=S)oc2c1)N1CCC[C@@H](CO)C1. The average Bonchev–Trinajstić information content (AvgIpc) is 2.85. The number of nitrogens with zero attached hydrogens (tertiary/aromatic N) is 1. The molecule has 2 heterocycles. The fraction of sp³-hybridized carbons (Fsp3) is 0.429. The van der Waals surface area contributed by atoms with Crippen LogP contribution in [0.25, 0.3) is 11.1 Å². The van der Waals surface area contributed by atoms with Gasteiger partial charge in [-0.25, -0.2) is 0 Å². The van der Waals surface area contributed by atoms with Gasteiger partial charge in [-0.3, -0.25) is 4.79 Å². The second-order valence-corrected chi connectivity index (χ2v) is 5.54. The van der Waals surface area contributed by atoms with Gasteiger partial charge in [-0.15, -0.1) is 0 Å². The monoisotopic (exact) mass is 292 g/mol. The Balaban J connectivity index is 1.86. The van der Waals surface area contributed by atoms with Crippen molar-refractivity contribution in [3.63, 3.8) is 0 Å². The summed E-state index contributed by atoms with van der Waals surface area (Å²) in [7, 11) is 0. The van der Waals surface area contributed by atoms with Crippen LogP contribution in [-0.4, -0.2) is 40.6 Å². The molecule has 1 saturated heterocycles. The average molecular weight is 292 g/mol. The number of carbonyl (C=O) groups is 1. The Labute approximate surface area is 121 Å². The van der Waals surface area contributed by atoms with Gasteiger partial charge < -0.3 is 19.4 Å². The number of hydrogen-bond acceptors (Lipinski definition) is 4. The number of rotatable bonds is 2. The largest absolute Gasteiger partial charge is 0.429 e. The lowest BCUT2D eigenvalue weighted by atomic mass is 9.98. The molecule has 6 heteroatoms. The number of amides is 1. The summed E-state index contributed by atoms with van der Waals surface area (Å²) in [5.74, 6) is 0.167. The highest BCUT2D eigenvalue weighted by molar-refractivity contribution is 7.71. The number of aliphatic hydroxyl groups excluding tert-OH is 1. The van der Waals surface area contributed by atoms with Crippen molar-refractivity contribution in [2.24, 2.45) is 5.92 Å². The van der Waals surface area contributed by atoms with Crippen molar-refractivity contribution in [1.82, 2.24) is 9.88 Å². The van der Waals surface area contributed by atoms with Crippen LogP contribution >= 0.6 is 12.2 Å². The fourth-order valence-electron chi connectivity index (χ4n) is 2.66. The molecule has 0 aliphatic carbocycles. The van der Waals surface area contributed by atoms with E-state index in [2.05, 4.69) is 4.98 Å². The molecule has 0 radical (unpaired) electrons.